The van der Waals surface area contributed by atoms with Gasteiger partial charge in [0.1, 0.15) is 5.75 Å². The Morgan fingerprint density at radius 3 is 2.62 bits per heavy atom. The topological polar surface area (TPSA) is 51.0 Å². The van der Waals surface area contributed by atoms with Crippen LogP contribution >= 0.6 is 0 Å². The van der Waals surface area contributed by atoms with Crippen LogP contribution in [0.2, 0.25) is 0 Å². The van der Waals surface area contributed by atoms with Gasteiger partial charge in [-0.05, 0) is 61.9 Å². The molecule has 3 nitrogen and oxygen atoms in total. The number of aromatic nitrogens is 1. The van der Waals surface area contributed by atoms with E-state index in [1.165, 1.54) is 46.1 Å². The smallest absolute Gasteiger partial charge is 0.119 e. The van der Waals surface area contributed by atoms with Crippen molar-refractivity contribution in [2.75, 3.05) is 13.7 Å². The van der Waals surface area contributed by atoms with Crippen LogP contribution in [0.15, 0.2) is 42.5 Å². The lowest BCUT2D eigenvalue weighted by Crippen LogP contribution is -1.99. The molecule has 3 heteroatoms. The molecule has 0 spiro atoms. The molecule has 0 atom stereocenters. The van der Waals surface area contributed by atoms with Crippen molar-refractivity contribution >= 4 is 10.9 Å². The van der Waals surface area contributed by atoms with E-state index in [-0.39, 0.29) is 0 Å². The molecule has 0 amide bonds. The first-order chi connectivity index (χ1) is 12.8. The summed E-state index contributed by atoms with van der Waals surface area (Å²) in [5, 5.41) is 1.36. The number of rotatable bonds is 9. The van der Waals surface area contributed by atoms with E-state index in [0.717, 1.165) is 38.0 Å². The van der Waals surface area contributed by atoms with Gasteiger partial charge in [-0.25, -0.2) is 0 Å². The summed E-state index contributed by atoms with van der Waals surface area (Å²) in [5.74, 6) is 0.889. The zero-order valence-corrected chi connectivity index (χ0v) is 16.0. The maximum absolute atomic E-state index is 5.72. The van der Waals surface area contributed by atoms with E-state index in [1.54, 1.807) is 7.11 Å². The first kappa shape index (κ1) is 18.5. The summed E-state index contributed by atoms with van der Waals surface area (Å²) in [4.78, 5) is 3.75. The fourth-order valence-corrected chi connectivity index (χ4v) is 3.64. The van der Waals surface area contributed by atoms with E-state index < -0.39 is 0 Å². The van der Waals surface area contributed by atoms with Crippen molar-refractivity contribution in [2.45, 2.75) is 45.4 Å². The Morgan fingerprint density at radius 1 is 1.00 bits per heavy atom. The Kier molecular flexibility index (Phi) is 6.35. The normalized spacial score (nSPS) is 11.2. The van der Waals surface area contributed by atoms with Gasteiger partial charge in [-0.1, -0.05) is 43.7 Å². The highest BCUT2D eigenvalue weighted by Gasteiger charge is 2.15. The molecule has 3 N–H and O–H groups in total. The zero-order valence-electron chi connectivity index (χ0n) is 16.0. The molecule has 1 aromatic heterocycles. The van der Waals surface area contributed by atoms with Crippen molar-refractivity contribution in [2.24, 2.45) is 5.73 Å². The van der Waals surface area contributed by atoms with Crippen LogP contribution in [0.3, 0.4) is 0 Å². The van der Waals surface area contributed by atoms with Crippen LogP contribution in [-0.4, -0.2) is 18.6 Å². The minimum Gasteiger partial charge on any atom is -0.497 e. The summed E-state index contributed by atoms with van der Waals surface area (Å²) >= 11 is 0. The SMILES string of the molecule is CCCCc1cccc2c(CCCCN)c(-c3cccc(OC)c3)[nH]c12. The van der Waals surface area contributed by atoms with Crippen LogP contribution in [0.1, 0.15) is 43.7 Å². The van der Waals surface area contributed by atoms with Crippen molar-refractivity contribution in [3.63, 3.8) is 0 Å². The molecule has 138 valence electrons. The highest BCUT2D eigenvalue weighted by atomic mass is 16.5. The number of aromatic amines is 1. The van der Waals surface area contributed by atoms with Crippen LogP contribution < -0.4 is 10.5 Å². The third kappa shape index (κ3) is 3.94. The zero-order chi connectivity index (χ0) is 18.4. The fraction of sp³-hybridized carbons (Fsp3) is 0.391. The van der Waals surface area contributed by atoms with Gasteiger partial charge in [0.15, 0.2) is 0 Å². The molecule has 0 aliphatic rings. The highest BCUT2D eigenvalue weighted by Crippen LogP contribution is 2.34. The molecule has 0 aliphatic heterocycles. The quantitative estimate of drug-likeness (QED) is 0.503. The number of nitrogens with one attached hydrogen (secondary N) is 1. The summed E-state index contributed by atoms with van der Waals surface area (Å²) in [6, 6.07) is 15.0. The van der Waals surface area contributed by atoms with Gasteiger partial charge in [0.25, 0.3) is 0 Å². The molecule has 0 aliphatic carbocycles. The Labute approximate surface area is 156 Å². The Balaban J connectivity index is 2.11. The van der Waals surface area contributed by atoms with Crippen molar-refractivity contribution in [1.29, 1.82) is 0 Å². The Bertz CT molecular complexity index is 851. The monoisotopic (exact) mass is 350 g/mol. The van der Waals surface area contributed by atoms with Gasteiger partial charge < -0.3 is 15.5 Å². The van der Waals surface area contributed by atoms with Gasteiger partial charge in [0, 0.05) is 22.2 Å². The molecule has 0 bridgehead atoms. The molecule has 0 fully saturated rings. The average Bonchev–Trinajstić information content (AvgIpc) is 3.06. The van der Waals surface area contributed by atoms with Crippen molar-refractivity contribution in [3.8, 4) is 17.0 Å². The number of benzene rings is 2. The van der Waals surface area contributed by atoms with Gasteiger partial charge in [-0.15, -0.1) is 0 Å². The summed E-state index contributed by atoms with van der Waals surface area (Å²) < 4.78 is 5.44. The molecule has 0 saturated carbocycles. The standard InChI is InChI=1S/C23H30N2O/c1-3-4-9-17-10-8-14-21-20(13-5-6-15-24)23(25-22(17)21)18-11-7-12-19(16-18)26-2/h7-8,10-12,14,16,25H,3-6,9,13,15,24H2,1-2H3. The molecule has 0 unspecified atom stereocenters. The molecule has 26 heavy (non-hydrogen) atoms. The second-order valence-electron chi connectivity index (χ2n) is 6.90. The van der Waals surface area contributed by atoms with Gasteiger partial charge in [-0.3, -0.25) is 0 Å². The fourth-order valence-electron chi connectivity index (χ4n) is 3.64. The van der Waals surface area contributed by atoms with Crippen LogP contribution in [0.5, 0.6) is 5.75 Å². The summed E-state index contributed by atoms with van der Waals surface area (Å²) in [6.07, 6.45) is 6.76. The van der Waals surface area contributed by atoms with Crippen LogP contribution in [0.25, 0.3) is 22.2 Å². The van der Waals surface area contributed by atoms with E-state index in [0.29, 0.717) is 0 Å². The van der Waals surface area contributed by atoms with Gasteiger partial charge >= 0.3 is 0 Å². The maximum atomic E-state index is 5.72. The number of fused-ring (bicyclic) bond motifs is 1. The van der Waals surface area contributed by atoms with Gasteiger partial charge in [0.05, 0.1) is 7.11 Å². The number of para-hydroxylation sites is 1. The van der Waals surface area contributed by atoms with E-state index in [9.17, 15) is 0 Å². The number of ether oxygens (including phenoxy) is 1. The lowest BCUT2D eigenvalue weighted by Gasteiger charge is -2.07. The molecule has 3 aromatic rings. The molecule has 0 saturated heterocycles. The summed E-state index contributed by atoms with van der Waals surface area (Å²) in [5.41, 5.74) is 12.2. The van der Waals surface area contributed by atoms with Gasteiger partial charge in [0.2, 0.25) is 0 Å². The first-order valence-electron chi connectivity index (χ1n) is 9.75. The van der Waals surface area contributed by atoms with Crippen LogP contribution in [0.4, 0.5) is 0 Å². The highest BCUT2D eigenvalue weighted by molar-refractivity contribution is 5.93. The number of hydrogen-bond donors (Lipinski definition) is 2. The first-order valence-corrected chi connectivity index (χ1v) is 9.75. The molecular weight excluding hydrogens is 320 g/mol. The second-order valence-corrected chi connectivity index (χ2v) is 6.90. The summed E-state index contributed by atoms with van der Waals surface area (Å²) in [6.45, 7) is 2.99. The second kappa shape index (κ2) is 8.91. The van der Waals surface area contributed by atoms with E-state index >= 15 is 0 Å². The third-order valence-corrected chi connectivity index (χ3v) is 5.07. The number of aryl methyl sites for hydroxylation is 2. The molecule has 1 heterocycles. The number of nitrogens with two attached hydrogens (primary N) is 1. The lowest BCUT2D eigenvalue weighted by molar-refractivity contribution is 0.415. The number of methoxy groups -OCH3 is 1. The largest absolute Gasteiger partial charge is 0.497 e. The average molecular weight is 351 g/mol. The minimum atomic E-state index is 0.749. The van der Waals surface area contributed by atoms with E-state index in [1.807, 2.05) is 6.07 Å². The van der Waals surface area contributed by atoms with Crippen LogP contribution in [0, 0.1) is 0 Å². The van der Waals surface area contributed by atoms with E-state index in [4.69, 9.17) is 10.5 Å². The van der Waals surface area contributed by atoms with Gasteiger partial charge in [-0.2, -0.15) is 0 Å². The molecule has 0 radical (unpaired) electrons. The van der Waals surface area contributed by atoms with Crippen molar-refractivity contribution < 1.29 is 4.74 Å². The maximum Gasteiger partial charge on any atom is 0.119 e. The summed E-state index contributed by atoms with van der Waals surface area (Å²) in [7, 11) is 1.72. The number of hydrogen-bond acceptors (Lipinski definition) is 2. The molecule has 3 rings (SSSR count). The Hall–Kier alpha value is -2.26. The Morgan fingerprint density at radius 2 is 1.85 bits per heavy atom. The van der Waals surface area contributed by atoms with Crippen molar-refractivity contribution in [1.82, 2.24) is 4.98 Å². The molecule has 2 aromatic carbocycles. The number of unbranched alkanes of at least 4 members (excludes halogenated alkanes) is 2. The number of H-pyrrole nitrogens is 1. The molecular formula is C23H30N2O. The predicted octanol–water partition coefficient (Wildman–Crippen LogP) is 5.47. The van der Waals surface area contributed by atoms with Crippen molar-refractivity contribution in [3.05, 3.63) is 53.6 Å². The van der Waals surface area contributed by atoms with Crippen LogP contribution in [-0.2, 0) is 12.8 Å². The third-order valence-electron chi connectivity index (χ3n) is 5.07. The predicted molar refractivity (Wildman–Crippen MR) is 111 cm³/mol. The van der Waals surface area contributed by atoms with E-state index in [2.05, 4.69) is 48.3 Å². The lowest BCUT2D eigenvalue weighted by atomic mass is 9.98. The minimum absolute atomic E-state index is 0.749.